The van der Waals surface area contributed by atoms with E-state index in [0.717, 1.165) is 56.2 Å². The van der Waals surface area contributed by atoms with Crippen molar-refractivity contribution in [2.75, 3.05) is 0 Å². The molecule has 0 bridgehead atoms. The van der Waals surface area contributed by atoms with Gasteiger partial charge in [0.15, 0.2) is 23.3 Å². The number of para-hydroxylation sites is 1. The summed E-state index contributed by atoms with van der Waals surface area (Å²) in [5.74, 6) is 2.93. The second kappa shape index (κ2) is 12.6. The minimum Gasteiger partial charge on any atom is -0.321 e. The molecule has 1 N–H and O–H groups in total. The van der Waals surface area contributed by atoms with Crippen molar-refractivity contribution in [1.82, 2.24) is 29.9 Å². The van der Waals surface area contributed by atoms with Crippen LogP contribution in [-0.2, 0) is 5.41 Å². The standard InChI is InChI=1S/C46H36N6/c1-46(2,3)34-25-23-31(24-26-34)42-47-43(49-48-42)32-15-11-16-33(29-32)44-50-51-45(52(44)35-17-5-4-6-18-35)41-28-27-40(38-20-9-10-21-39(38)41)37-22-12-14-30-13-7-8-19-36(30)37/h4-29H,1-3H3,(H,47,48,49). The van der Waals surface area contributed by atoms with Gasteiger partial charge in [0.25, 0.3) is 0 Å². The second-order valence-corrected chi connectivity index (χ2v) is 14.2. The van der Waals surface area contributed by atoms with E-state index in [9.17, 15) is 0 Å². The summed E-state index contributed by atoms with van der Waals surface area (Å²) < 4.78 is 2.15. The van der Waals surface area contributed by atoms with Crippen molar-refractivity contribution >= 4 is 21.5 Å². The Hall–Kier alpha value is -6.66. The molecule has 6 nitrogen and oxygen atoms in total. The third-order valence-electron chi connectivity index (χ3n) is 9.83. The molecule has 52 heavy (non-hydrogen) atoms. The van der Waals surface area contributed by atoms with Crippen LogP contribution in [0.4, 0.5) is 0 Å². The van der Waals surface area contributed by atoms with Crippen molar-refractivity contribution < 1.29 is 0 Å². The van der Waals surface area contributed by atoms with Crippen molar-refractivity contribution in [1.29, 1.82) is 0 Å². The minimum atomic E-state index is 0.0831. The topological polar surface area (TPSA) is 72.3 Å². The maximum absolute atomic E-state index is 4.89. The number of H-pyrrole nitrogens is 1. The van der Waals surface area contributed by atoms with Crippen LogP contribution in [0.5, 0.6) is 0 Å². The quantitative estimate of drug-likeness (QED) is 0.191. The number of hydrogen-bond donors (Lipinski definition) is 1. The highest BCUT2D eigenvalue weighted by molar-refractivity contribution is 6.09. The molecule has 6 heteroatoms. The van der Waals surface area contributed by atoms with Gasteiger partial charge < -0.3 is 4.98 Å². The van der Waals surface area contributed by atoms with Gasteiger partial charge >= 0.3 is 0 Å². The molecule has 2 heterocycles. The van der Waals surface area contributed by atoms with E-state index < -0.39 is 0 Å². The monoisotopic (exact) mass is 672 g/mol. The Balaban J connectivity index is 1.15. The van der Waals surface area contributed by atoms with Crippen LogP contribution in [0.1, 0.15) is 26.3 Å². The molecule has 9 rings (SSSR count). The van der Waals surface area contributed by atoms with Gasteiger partial charge in [-0.05, 0) is 67.9 Å². The zero-order valence-corrected chi connectivity index (χ0v) is 29.2. The third kappa shape index (κ3) is 5.55. The lowest BCUT2D eigenvalue weighted by atomic mass is 9.87. The van der Waals surface area contributed by atoms with Crippen LogP contribution in [0.3, 0.4) is 0 Å². The van der Waals surface area contributed by atoms with E-state index in [-0.39, 0.29) is 5.41 Å². The first kappa shape index (κ1) is 31.3. The zero-order chi connectivity index (χ0) is 35.2. The highest BCUT2D eigenvalue weighted by Crippen LogP contribution is 2.39. The second-order valence-electron chi connectivity index (χ2n) is 14.2. The number of rotatable bonds is 6. The molecule has 0 atom stereocenters. The Morgan fingerprint density at radius 2 is 1.02 bits per heavy atom. The van der Waals surface area contributed by atoms with Gasteiger partial charge in [0, 0.05) is 27.9 Å². The van der Waals surface area contributed by atoms with Crippen LogP contribution < -0.4 is 0 Å². The van der Waals surface area contributed by atoms with Gasteiger partial charge in [-0.15, -0.1) is 20.4 Å². The molecule has 250 valence electrons. The van der Waals surface area contributed by atoms with E-state index in [1.54, 1.807) is 0 Å². The fourth-order valence-electron chi connectivity index (χ4n) is 7.11. The third-order valence-corrected chi connectivity index (χ3v) is 9.83. The molecule has 0 amide bonds. The molecule has 0 aliphatic carbocycles. The number of aromatic amines is 1. The highest BCUT2D eigenvalue weighted by Gasteiger charge is 2.21. The first-order chi connectivity index (χ1) is 25.4. The van der Waals surface area contributed by atoms with Crippen molar-refractivity contribution in [2.24, 2.45) is 0 Å². The molecule has 0 aliphatic heterocycles. The largest absolute Gasteiger partial charge is 0.321 e. The Morgan fingerprint density at radius 3 is 1.79 bits per heavy atom. The molecule has 0 radical (unpaired) electrons. The Labute approximate surface area is 302 Å². The number of benzene rings is 7. The summed E-state index contributed by atoms with van der Waals surface area (Å²) in [4.78, 5) is 3.44. The maximum Gasteiger partial charge on any atom is 0.169 e. The van der Waals surface area contributed by atoms with Gasteiger partial charge in [0.2, 0.25) is 0 Å². The number of nitrogens with one attached hydrogen (secondary N) is 1. The van der Waals surface area contributed by atoms with Crippen molar-refractivity contribution in [3.63, 3.8) is 0 Å². The zero-order valence-electron chi connectivity index (χ0n) is 29.2. The fraction of sp³-hybridized carbons (Fsp3) is 0.0870. The van der Waals surface area contributed by atoms with Crippen molar-refractivity contribution in [3.05, 3.63) is 163 Å². The average Bonchev–Trinajstić information content (AvgIpc) is 3.87. The van der Waals surface area contributed by atoms with Crippen LogP contribution in [0.15, 0.2) is 158 Å². The van der Waals surface area contributed by atoms with E-state index in [2.05, 4.69) is 168 Å². The number of aromatic nitrogens is 6. The number of hydrogen-bond acceptors (Lipinski definition) is 4. The van der Waals surface area contributed by atoms with E-state index in [1.807, 2.05) is 30.3 Å². The lowest BCUT2D eigenvalue weighted by Gasteiger charge is -2.18. The summed E-state index contributed by atoms with van der Waals surface area (Å²) >= 11 is 0. The number of fused-ring (bicyclic) bond motifs is 2. The first-order valence-electron chi connectivity index (χ1n) is 17.6. The van der Waals surface area contributed by atoms with Crippen molar-refractivity contribution in [2.45, 2.75) is 26.2 Å². The van der Waals surface area contributed by atoms with Gasteiger partial charge in [-0.25, -0.2) is 0 Å². The van der Waals surface area contributed by atoms with Gasteiger partial charge in [-0.2, -0.15) is 0 Å². The Morgan fingerprint density at radius 1 is 0.442 bits per heavy atom. The van der Waals surface area contributed by atoms with Gasteiger partial charge in [-0.3, -0.25) is 4.57 Å². The summed E-state index contributed by atoms with van der Waals surface area (Å²) in [6.07, 6.45) is 0. The predicted molar refractivity (Wildman–Crippen MR) is 212 cm³/mol. The average molecular weight is 673 g/mol. The summed E-state index contributed by atoms with van der Waals surface area (Å²) in [5, 5.41) is 23.5. The molecular weight excluding hydrogens is 637 g/mol. The molecule has 0 fully saturated rings. The van der Waals surface area contributed by atoms with Gasteiger partial charge in [0.05, 0.1) is 0 Å². The SMILES string of the molecule is CC(C)(C)c1ccc(-c2nnc(-c3cccc(-c4nnc(-c5ccc(-c6cccc7ccccc67)c6ccccc56)n4-c4ccccc4)c3)[nH]2)cc1. The van der Waals surface area contributed by atoms with E-state index in [0.29, 0.717) is 5.82 Å². The summed E-state index contributed by atoms with van der Waals surface area (Å²) in [6.45, 7) is 6.65. The van der Waals surface area contributed by atoms with E-state index in [1.165, 1.54) is 27.5 Å². The predicted octanol–water partition coefficient (Wildman–Crippen LogP) is 11.3. The normalized spacial score (nSPS) is 11.8. The molecule has 0 saturated heterocycles. The van der Waals surface area contributed by atoms with E-state index >= 15 is 0 Å². The number of nitrogens with zero attached hydrogens (tertiary/aromatic N) is 5. The lowest BCUT2D eigenvalue weighted by molar-refractivity contribution is 0.590. The fourth-order valence-corrected chi connectivity index (χ4v) is 7.11. The summed E-state index contributed by atoms with van der Waals surface area (Å²) in [5.41, 5.74) is 8.57. The maximum atomic E-state index is 4.89. The molecule has 7 aromatic carbocycles. The van der Waals surface area contributed by atoms with Crippen LogP contribution in [0.25, 0.3) is 83.9 Å². The molecular formula is C46H36N6. The smallest absolute Gasteiger partial charge is 0.169 e. The van der Waals surface area contributed by atoms with E-state index in [4.69, 9.17) is 10.2 Å². The molecule has 0 aliphatic rings. The summed E-state index contributed by atoms with van der Waals surface area (Å²) in [7, 11) is 0. The van der Waals surface area contributed by atoms with Crippen LogP contribution in [-0.4, -0.2) is 29.9 Å². The molecule has 0 unspecified atom stereocenters. The highest BCUT2D eigenvalue weighted by atomic mass is 15.3. The summed E-state index contributed by atoms with van der Waals surface area (Å²) in [6, 6.07) is 55.2. The lowest BCUT2D eigenvalue weighted by Crippen LogP contribution is -2.10. The molecule has 2 aromatic heterocycles. The van der Waals surface area contributed by atoms with Crippen LogP contribution >= 0.6 is 0 Å². The Bertz CT molecular complexity index is 2710. The first-order valence-corrected chi connectivity index (χ1v) is 17.6. The van der Waals surface area contributed by atoms with Gasteiger partial charge in [-0.1, -0.05) is 154 Å². The van der Waals surface area contributed by atoms with Crippen LogP contribution in [0.2, 0.25) is 0 Å². The van der Waals surface area contributed by atoms with Gasteiger partial charge in [0.1, 0.15) is 0 Å². The van der Waals surface area contributed by atoms with Crippen molar-refractivity contribution in [3.8, 4) is 62.4 Å². The molecule has 0 saturated carbocycles. The minimum absolute atomic E-state index is 0.0831. The Kier molecular flexibility index (Phi) is 7.58. The molecule has 0 spiro atoms. The molecule has 9 aromatic rings. The van der Waals surface area contributed by atoms with Crippen LogP contribution in [0, 0.1) is 0 Å².